The van der Waals surface area contributed by atoms with Crippen LogP contribution in [-0.2, 0) is 0 Å². The zero-order valence-corrected chi connectivity index (χ0v) is 15.1. The van der Waals surface area contributed by atoms with Crippen LogP contribution >= 0.6 is 23.2 Å². The molecule has 0 saturated carbocycles. The number of hydrogen-bond acceptors (Lipinski definition) is 2. The van der Waals surface area contributed by atoms with Gasteiger partial charge in [0, 0.05) is 10.1 Å². The number of nitrogens with zero attached hydrogens (tertiary/aromatic N) is 2. The van der Waals surface area contributed by atoms with Crippen LogP contribution in [0.1, 0.15) is 22.3 Å². The average Bonchev–Trinajstić information content (AvgIpc) is 2.58. The molecule has 24 heavy (non-hydrogen) atoms. The van der Waals surface area contributed by atoms with Gasteiger partial charge in [0.15, 0.2) is 0 Å². The summed E-state index contributed by atoms with van der Waals surface area (Å²) in [6, 6.07) is 15.9. The molecule has 0 N–H and O–H groups in total. The Kier molecular flexibility index (Phi) is 6.98. The maximum absolute atomic E-state index is 6.20. The predicted octanol–water partition coefficient (Wildman–Crippen LogP) is 6.22. The van der Waals surface area contributed by atoms with Gasteiger partial charge < -0.3 is 0 Å². The summed E-state index contributed by atoms with van der Waals surface area (Å²) < 4.78 is 0. The standard InChI is InChI=1S/C20H18Cl2N2/c1-15-3-7-17(8-4-15)19(21)11-13-23-24-14-12-20(22)18-9-5-16(2)6-10-18/h3-14H,1-2H3/b19-11-,20-12-,23-13+,24-14+. The van der Waals surface area contributed by atoms with Crippen molar-refractivity contribution in [3.8, 4) is 0 Å². The van der Waals surface area contributed by atoms with E-state index >= 15 is 0 Å². The molecule has 0 unspecified atom stereocenters. The van der Waals surface area contributed by atoms with E-state index < -0.39 is 0 Å². The second-order valence-electron chi connectivity index (χ2n) is 5.29. The van der Waals surface area contributed by atoms with Crippen LogP contribution in [0.5, 0.6) is 0 Å². The first-order valence-electron chi connectivity index (χ1n) is 7.48. The van der Waals surface area contributed by atoms with Crippen molar-refractivity contribution in [1.29, 1.82) is 0 Å². The SMILES string of the molecule is Cc1ccc(/C(Cl)=C/C=N/N=C/C=C(\Cl)c2ccc(C)cc2)cc1. The van der Waals surface area contributed by atoms with Crippen molar-refractivity contribution in [1.82, 2.24) is 0 Å². The Morgan fingerprint density at radius 2 is 1.00 bits per heavy atom. The summed E-state index contributed by atoms with van der Waals surface area (Å²) in [6.07, 6.45) is 6.50. The highest BCUT2D eigenvalue weighted by Gasteiger charge is 1.96. The van der Waals surface area contributed by atoms with Gasteiger partial charge in [-0.1, -0.05) is 82.9 Å². The molecule has 0 amide bonds. The zero-order chi connectivity index (χ0) is 17.4. The van der Waals surface area contributed by atoms with E-state index in [-0.39, 0.29) is 0 Å². The Labute approximate surface area is 152 Å². The molecule has 122 valence electrons. The van der Waals surface area contributed by atoms with Gasteiger partial charge in [0.1, 0.15) is 0 Å². The molecule has 0 aliphatic carbocycles. The van der Waals surface area contributed by atoms with Crippen LogP contribution < -0.4 is 0 Å². The van der Waals surface area contributed by atoms with Gasteiger partial charge in [0.05, 0.1) is 12.4 Å². The van der Waals surface area contributed by atoms with E-state index in [9.17, 15) is 0 Å². The molecule has 2 rings (SSSR count). The number of aryl methyl sites for hydroxylation is 2. The molecule has 0 radical (unpaired) electrons. The lowest BCUT2D eigenvalue weighted by Crippen LogP contribution is -1.79. The minimum Gasteiger partial charge on any atom is -0.159 e. The molecular weight excluding hydrogens is 339 g/mol. The summed E-state index contributed by atoms with van der Waals surface area (Å²) in [6.45, 7) is 4.07. The fourth-order valence-corrected chi connectivity index (χ4v) is 2.26. The Balaban J connectivity index is 1.94. The molecule has 0 aliphatic heterocycles. The molecule has 4 heteroatoms. The summed E-state index contributed by atoms with van der Waals surface area (Å²) in [4.78, 5) is 0. The molecule has 0 spiro atoms. The molecule has 2 aromatic carbocycles. The fourth-order valence-electron chi connectivity index (χ4n) is 1.89. The Morgan fingerprint density at radius 1 is 0.667 bits per heavy atom. The molecule has 2 nitrogen and oxygen atoms in total. The molecular formula is C20H18Cl2N2. The van der Waals surface area contributed by atoms with Crippen molar-refractivity contribution in [3.05, 3.63) is 82.9 Å². The van der Waals surface area contributed by atoms with E-state index in [4.69, 9.17) is 23.2 Å². The third-order valence-electron chi connectivity index (χ3n) is 3.30. The highest BCUT2D eigenvalue weighted by Crippen LogP contribution is 2.19. The summed E-state index contributed by atoms with van der Waals surface area (Å²) in [5.74, 6) is 0. The Morgan fingerprint density at radius 3 is 1.33 bits per heavy atom. The smallest absolute Gasteiger partial charge is 0.0510 e. The number of hydrogen-bond donors (Lipinski definition) is 0. The normalized spacial score (nSPS) is 13.2. The maximum atomic E-state index is 6.20. The zero-order valence-electron chi connectivity index (χ0n) is 13.6. The van der Waals surface area contributed by atoms with E-state index in [1.807, 2.05) is 62.4 Å². The highest BCUT2D eigenvalue weighted by atomic mass is 35.5. The lowest BCUT2D eigenvalue weighted by Gasteiger charge is -1.98. The monoisotopic (exact) mass is 356 g/mol. The van der Waals surface area contributed by atoms with E-state index in [1.165, 1.54) is 11.1 Å². The second kappa shape index (κ2) is 9.21. The molecule has 0 saturated heterocycles. The average molecular weight is 357 g/mol. The first-order valence-corrected chi connectivity index (χ1v) is 8.24. The van der Waals surface area contributed by atoms with Crippen LogP contribution in [0.4, 0.5) is 0 Å². The second-order valence-corrected chi connectivity index (χ2v) is 6.10. The van der Waals surface area contributed by atoms with Crippen molar-refractivity contribution in [2.75, 3.05) is 0 Å². The largest absolute Gasteiger partial charge is 0.159 e. The number of halogens is 2. The van der Waals surface area contributed by atoms with Gasteiger partial charge in [-0.05, 0) is 37.1 Å². The maximum Gasteiger partial charge on any atom is 0.0510 e. The molecule has 0 atom stereocenters. The van der Waals surface area contributed by atoms with Gasteiger partial charge >= 0.3 is 0 Å². The molecule has 0 heterocycles. The van der Waals surface area contributed by atoms with Crippen molar-refractivity contribution >= 4 is 45.7 Å². The molecule has 2 aromatic rings. The number of benzene rings is 2. The first kappa shape index (κ1) is 18.2. The van der Waals surface area contributed by atoms with Crippen LogP contribution in [0, 0.1) is 13.8 Å². The number of rotatable bonds is 5. The summed E-state index contributed by atoms with van der Waals surface area (Å²) in [5.41, 5.74) is 4.28. The third-order valence-corrected chi connectivity index (χ3v) is 3.98. The van der Waals surface area contributed by atoms with Gasteiger partial charge in [-0.15, -0.1) is 0 Å². The predicted molar refractivity (Wildman–Crippen MR) is 107 cm³/mol. The summed E-state index contributed by atoms with van der Waals surface area (Å²) >= 11 is 12.4. The summed E-state index contributed by atoms with van der Waals surface area (Å²) in [5, 5.41) is 9.06. The van der Waals surface area contributed by atoms with Gasteiger partial charge in [0.25, 0.3) is 0 Å². The van der Waals surface area contributed by atoms with Crippen LogP contribution in [0.15, 0.2) is 70.9 Å². The molecule has 0 fully saturated rings. The van der Waals surface area contributed by atoms with E-state index in [0.717, 1.165) is 11.1 Å². The minimum absolute atomic E-state index is 0.613. The van der Waals surface area contributed by atoms with Gasteiger partial charge in [-0.3, -0.25) is 0 Å². The van der Waals surface area contributed by atoms with Gasteiger partial charge in [-0.2, -0.15) is 10.2 Å². The van der Waals surface area contributed by atoms with Crippen molar-refractivity contribution in [3.63, 3.8) is 0 Å². The van der Waals surface area contributed by atoms with Crippen LogP contribution in [0.2, 0.25) is 0 Å². The van der Waals surface area contributed by atoms with Gasteiger partial charge in [-0.25, -0.2) is 0 Å². The highest BCUT2D eigenvalue weighted by molar-refractivity contribution is 6.50. The lowest BCUT2D eigenvalue weighted by atomic mass is 10.1. The fraction of sp³-hybridized carbons (Fsp3) is 0.100. The first-order chi connectivity index (χ1) is 11.6. The van der Waals surface area contributed by atoms with E-state index in [0.29, 0.717) is 10.1 Å². The van der Waals surface area contributed by atoms with Gasteiger partial charge in [0.2, 0.25) is 0 Å². The molecule has 0 bridgehead atoms. The Hall–Kier alpha value is -2.16. The van der Waals surface area contributed by atoms with Crippen molar-refractivity contribution in [2.45, 2.75) is 13.8 Å². The quantitative estimate of drug-likeness (QED) is 0.448. The molecule has 0 aromatic heterocycles. The Bertz CT molecular complexity index is 714. The van der Waals surface area contributed by atoms with E-state index in [2.05, 4.69) is 10.2 Å². The van der Waals surface area contributed by atoms with Crippen molar-refractivity contribution < 1.29 is 0 Å². The van der Waals surface area contributed by atoms with E-state index in [1.54, 1.807) is 24.6 Å². The topological polar surface area (TPSA) is 24.7 Å². The van der Waals surface area contributed by atoms with Crippen LogP contribution in [-0.4, -0.2) is 12.4 Å². The van der Waals surface area contributed by atoms with Crippen molar-refractivity contribution in [2.24, 2.45) is 10.2 Å². The lowest BCUT2D eigenvalue weighted by molar-refractivity contribution is 1.27. The summed E-state index contributed by atoms with van der Waals surface area (Å²) in [7, 11) is 0. The number of allylic oxidation sites excluding steroid dienone is 2. The minimum atomic E-state index is 0.613. The van der Waals surface area contributed by atoms with Crippen LogP contribution in [0.3, 0.4) is 0 Å². The van der Waals surface area contributed by atoms with Crippen LogP contribution in [0.25, 0.3) is 10.1 Å². The molecule has 0 aliphatic rings. The third kappa shape index (κ3) is 5.80.